The van der Waals surface area contributed by atoms with E-state index in [4.69, 9.17) is 4.98 Å². The molecule has 26 heavy (non-hydrogen) atoms. The molecule has 1 aliphatic rings. The molecule has 6 heteroatoms. The minimum Gasteiger partial charge on any atom is -0.292 e. The normalized spacial score (nSPS) is 12.8. The zero-order valence-electron chi connectivity index (χ0n) is 14.5. The van der Waals surface area contributed by atoms with Crippen molar-refractivity contribution in [2.75, 3.05) is 0 Å². The number of imidazole rings is 1. The number of benzene rings is 2. The van der Waals surface area contributed by atoms with Crippen LogP contribution < -0.4 is 5.69 Å². The third kappa shape index (κ3) is 1.76. The van der Waals surface area contributed by atoms with E-state index in [1.165, 1.54) is 0 Å². The van der Waals surface area contributed by atoms with Crippen molar-refractivity contribution in [2.45, 2.75) is 26.9 Å². The molecular weight excluding hydrogens is 328 g/mol. The van der Waals surface area contributed by atoms with E-state index < -0.39 is 0 Å². The molecule has 4 aromatic rings. The number of aryl methyl sites for hydroxylation is 2. The second kappa shape index (κ2) is 5.11. The van der Waals surface area contributed by atoms with Crippen molar-refractivity contribution in [3.05, 3.63) is 58.1 Å². The summed E-state index contributed by atoms with van der Waals surface area (Å²) >= 11 is 0. The van der Waals surface area contributed by atoms with Crippen LogP contribution in [0.5, 0.6) is 0 Å². The number of nitrogens with zero attached hydrogens (tertiary/aromatic N) is 4. The minimum absolute atomic E-state index is 0.0331. The first-order chi connectivity index (χ1) is 12.6. The summed E-state index contributed by atoms with van der Waals surface area (Å²) < 4.78 is 3.47. The number of carbonyl (C=O) groups excluding carboxylic acids is 1. The van der Waals surface area contributed by atoms with E-state index in [0.717, 1.165) is 16.6 Å². The van der Waals surface area contributed by atoms with E-state index >= 15 is 0 Å². The highest BCUT2D eigenvalue weighted by atomic mass is 16.1. The van der Waals surface area contributed by atoms with Crippen LogP contribution in [-0.2, 0) is 13.1 Å². The van der Waals surface area contributed by atoms with Gasteiger partial charge in [0.1, 0.15) is 11.4 Å². The third-order valence-electron chi connectivity index (χ3n) is 5.08. The smallest absolute Gasteiger partial charge is 0.292 e. The average molecular weight is 344 g/mol. The van der Waals surface area contributed by atoms with E-state index in [2.05, 4.69) is 4.98 Å². The largest absolute Gasteiger partial charge is 0.329 e. The highest BCUT2D eigenvalue weighted by molar-refractivity contribution is 6.20. The van der Waals surface area contributed by atoms with Gasteiger partial charge in [-0.25, -0.2) is 14.8 Å². The van der Waals surface area contributed by atoms with Gasteiger partial charge in [-0.1, -0.05) is 24.3 Å². The molecule has 1 aliphatic carbocycles. The second-order valence-corrected chi connectivity index (χ2v) is 6.40. The van der Waals surface area contributed by atoms with Gasteiger partial charge in [0.25, 0.3) is 0 Å². The first kappa shape index (κ1) is 15.0. The topological polar surface area (TPSA) is 69.8 Å². The van der Waals surface area contributed by atoms with E-state index in [-0.39, 0.29) is 11.5 Å². The van der Waals surface area contributed by atoms with Crippen molar-refractivity contribution in [1.29, 1.82) is 0 Å². The van der Waals surface area contributed by atoms with Gasteiger partial charge in [0, 0.05) is 24.2 Å². The summed E-state index contributed by atoms with van der Waals surface area (Å²) in [6.45, 7) is 5.07. The first-order valence-electron chi connectivity index (χ1n) is 8.73. The Balaban J connectivity index is 1.89. The Kier molecular flexibility index (Phi) is 2.95. The van der Waals surface area contributed by atoms with E-state index in [0.29, 0.717) is 41.1 Å². The number of ketones is 1. The molecule has 0 amide bonds. The number of rotatable bonds is 2. The lowest BCUT2D eigenvalue weighted by Crippen LogP contribution is -2.22. The van der Waals surface area contributed by atoms with Gasteiger partial charge in [-0.15, -0.1) is 0 Å². The summed E-state index contributed by atoms with van der Waals surface area (Å²) in [7, 11) is 0. The van der Waals surface area contributed by atoms with Gasteiger partial charge in [-0.3, -0.25) is 13.9 Å². The van der Waals surface area contributed by atoms with Crippen LogP contribution in [0.3, 0.4) is 0 Å². The lowest BCUT2D eigenvalue weighted by Gasteiger charge is -2.04. The highest BCUT2D eigenvalue weighted by Gasteiger charge is 2.30. The number of carbonyl (C=O) groups is 1. The monoisotopic (exact) mass is 344 g/mol. The Labute approximate surface area is 148 Å². The minimum atomic E-state index is -0.0934. The van der Waals surface area contributed by atoms with Crippen LogP contribution in [0.1, 0.15) is 29.9 Å². The molecule has 0 atom stereocenters. The van der Waals surface area contributed by atoms with Crippen molar-refractivity contribution in [3.8, 4) is 11.3 Å². The molecule has 128 valence electrons. The van der Waals surface area contributed by atoms with Crippen molar-refractivity contribution < 1.29 is 4.79 Å². The molecule has 0 N–H and O–H groups in total. The summed E-state index contributed by atoms with van der Waals surface area (Å²) in [4.78, 5) is 34.6. The van der Waals surface area contributed by atoms with Gasteiger partial charge in [-0.2, -0.15) is 0 Å². The molecule has 0 unspecified atom stereocenters. The molecule has 0 saturated heterocycles. The number of aromatic nitrogens is 4. The van der Waals surface area contributed by atoms with Crippen LogP contribution in [0.25, 0.3) is 33.3 Å². The first-order valence-corrected chi connectivity index (χ1v) is 8.73. The molecule has 0 fully saturated rings. The standard InChI is InChI=1S/C20H16N4O2/c1-3-23-15-9-13-14(10-16(15)24(4-2)20(23)26)22-18-17(21-13)11-7-5-6-8-12(11)19(18)25/h5-10H,3-4H2,1-2H3. The zero-order valence-corrected chi connectivity index (χ0v) is 14.5. The predicted molar refractivity (Wildman–Crippen MR) is 99.5 cm³/mol. The van der Waals surface area contributed by atoms with E-state index in [9.17, 15) is 9.59 Å². The number of hydrogen-bond donors (Lipinski definition) is 0. The Bertz CT molecular complexity index is 1300. The number of fused-ring (bicyclic) bond motifs is 5. The van der Waals surface area contributed by atoms with Crippen molar-refractivity contribution in [1.82, 2.24) is 19.1 Å². The average Bonchev–Trinajstić information content (AvgIpc) is 3.09. The summed E-state index contributed by atoms with van der Waals surface area (Å²) in [6.07, 6.45) is 0. The maximum Gasteiger partial charge on any atom is 0.329 e. The van der Waals surface area contributed by atoms with Gasteiger partial charge in [-0.05, 0) is 26.0 Å². The van der Waals surface area contributed by atoms with Crippen LogP contribution in [-0.4, -0.2) is 24.9 Å². The summed E-state index contributed by atoms with van der Waals surface area (Å²) in [5, 5.41) is 0. The van der Waals surface area contributed by atoms with Gasteiger partial charge in [0.05, 0.1) is 22.1 Å². The molecule has 2 aromatic heterocycles. The fourth-order valence-electron chi connectivity index (χ4n) is 3.84. The van der Waals surface area contributed by atoms with E-state index in [1.807, 2.05) is 50.2 Å². The van der Waals surface area contributed by atoms with Gasteiger partial charge in [0.15, 0.2) is 0 Å². The molecule has 0 radical (unpaired) electrons. The summed E-state index contributed by atoms with van der Waals surface area (Å²) in [5.74, 6) is -0.0934. The Morgan fingerprint density at radius 3 is 1.92 bits per heavy atom. The fourth-order valence-corrected chi connectivity index (χ4v) is 3.84. The Hall–Kier alpha value is -3.28. The van der Waals surface area contributed by atoms with E-state index in [1.54, 1.807) is 9.13 Å². The maximum absolute atomic E-state index is 12.7. The highest BCUT2D eigenvalue weighted by Crippen LogP contribution is 2.35. The molecular formula is C20H16N4O2. The lowest BCUT2D eigenvalue weighted by atomic mass is 10.1. The van der Waals surface area contributed by atoms with Crippen LogP contribution in [0.15, 0.2) is 41.2 Å². The quantitative estimate of drug-likeness (QED) is 0.494. The molecule has 2 aromatic carbocycles. The molecule has 2 heterocycles. The van der Waals surface area contributed by atoms with Gasteiger partial charge in [0.2, 0.25) is 5.78 Å². The van der Waals surface area contributed by atoms with Crippen LogP contribution >= 0.6 is 0 Å². The molecule has 5 rings (SSSR count). The van der Waals surface area contributed by atoms with Crippen LogP contribution in [0.4, 0.5) is 0 Å². The Morgan fingerprint density at radius 1 is 0.808 bits per heavy atom. The van der Waals surface area contributed by atoms with Crippen molar-refractivity contribution >= 4 is 27.9 Å². The van der Waals surface area contributed by atoms with Crippen LogP contribution in [0.2, 0.25) is 0 Å². The zero-order chi connectivity index (χ0) is 18.0. The Morgan fingerprint density at radius 2 is 1.35 bits per heavy atom. The second-order valence-electron chi connectivity index (χ2n) is 6.40. The summed E-state index contributed by atoms with van der Waals surface area (Å²) in [5.41, 5.74) is 5.43. The SMILES string of the molecule is CCn1c(=O)n(CC)c2cc3nc4c(nc3cc21)C(=O)c1ccccc1-4. The van der Waals surface area contributed by atoms with Crippen molar-refractivity contribution in [2.24, 2.45) is 0 Å². The molecule has 6 nitrogen and oxygen atoms in total. The molecule has 0 spiro atoms. The third-order valence-corrected chi connectivity index (χ3v) is 5.08. The predicted octanol–water partition coefficient (Wildman–Crippen LogP) is 3.00. The number of hydrogen-bond acceptors (Lipinski definition) is 4. The van der Waals surface area contributed by atoms with Crippen molar-refractivity contribution in [3.63, 3.8) is 0 Å². The maximum atomic E-state index is 12.7. The molecule has 0 saturated carbocycles. The van der Waals surface area contributed by atoms with Gasteiger partial charge < -0.3 is 0 Å². The van der Waals surface area contributed by atoms with Crippen LogP contribution in [0, 0.1) is 0 Å². The lowest BCUT2D eigenvalue weighted by molar-refractivity contribution is 0.103. The fraction of sp³-hybridized carbons (Fsp3) is 0.200. The van der Waals surface area contributed by atoms with Gasteiger partial charge >= 0.3 is 5.69 Å². The summed E-state index contributed by atoms with van der Waals surface area (Å²) in [6, 6.07) is 11.2. The molecule has 0 bridgehead atoms. The molecule has 0 aliphatic heterocycles.